The second kappa shape index (κ2) is 3.67. The minimum Gasteiger partial charge on any atom is -0.374 e. The highest BCUT2D eigenvalue weighted by atomic mass is 16.3. The topological polar surface area (TPSA) is 114 Å². The fourth-order valence-corrected chi connectivity index (χ4v) is 0.242. The van der Waals surface area contributed by atoms with E-state index in [9.17, 15) is 4.79 Å². The average Bonchev–Trinajstić information content (AvgIpc) is 1.63. The molecule has 0 aliphatic heterocycles. The minimum absolute atomic E-state index is 0.190. The summed E-state index contributed by atoms with van der Waals surface area (Å²) in [5.41, 5.74) is 9.59. The Balaban J connectivity index is 3.62. The number of nitrogens with zero attached hydrogens (tertiary/aromatic N) is 1. The summed E-state index contributed by atoms with van der Waals surface area (Å²) in [6.07, 6.45) is 0. The largest absolute Gasteiger partial charge is 0.374 e. The van der Waals surface area contributed by atoms with E-state index >= 15 is 0 Å². The fraction of sp³-hybridized carbons (Fsp3) is 0.333. The summed E-state index contributed by atoms with van der Waals surface area (Å²) in [5.74, 6) is -0.190. The first-order valence-corrected chi connectivity index (χ1v) is 2.14. The molecule has 0 aromatic carbocycles. The molecule has 0 unspecified atom stereocenters. The van der Waals surface area contributed by atoms with Crippen molar-refractivity contribution in [2.45, 2.75) is 0 Å². The number of rotatable bonds is 1. The van der Waals surface area contributed by atoms with Crippen LogP contribution in [0.15, 0.2) is 4.99 Å². The van der Waals surface area contributed by atoms with Gasteiger partial charge in [-0.3, -0.25) is 5.32 Å². The van der Waals surface area contributed by atoms with E-state index in [0.29, 0.717) is 0 Å². The molecule has 0 radical (unpaired) electrons. The molecule has 9 heavy (non-hydrogen) atoms. The van der Waals surface area contributed by atoms with E-state index in [2.05, 4.69) is 10.7 Å². The maximum Gasteiger partial charge on any atom is 0.318 e. The number of carbonyl (C=O) groups is 1. The predicted octanol–water partition coefficient (Wildman–Crippen LogP) is -2.08. The molecule has 0 aliphatic rings. The number of aliphatic hydroxyl groups excluding tert-OH is 1. The number of carbonyl (C=O) groups excluding carboxylic acids is 1. The first kappa shape index (κ1) is 7.70. The van der Waals surface area contributed by atoms with Gasteiger partial charge in [-0.25, -0.2) is 9.79 Å². The molecule has 6 N–H and O–H groups in total. The van der Waals surface area contributed by atoms with Crippen LogP contribution in [-0.4, -0.2) is 23.8 Å². The van der Waals surface area contributed by atoms with Crippen LogP contribution in [0.5, 0.6) is 0 Å². The maximum atomic E-state index is 9.95. The molecule has 0 fully saturated rings. The normalized spacial score (nSPS) is 11.0. The summed E-state index contributed by atoms with van der Waals surface area (Å²) < 4.78 is 0. The number of amides is 2. The first-order chi connectivity index (χ1) is 4.16. The third-order valence-corrected chi connectivity index (χ3v) is 0.492. The summed E-state index contributed by atoms with van der Waals surface area (Å²) in [4.78, 5) is 13.2. The molecule has 0 aromatic rings. The van der Waals surface area contributed by atoms with E-state index in [0.717, 1.165) is 0 Å². The Morgan fingerprint density at radius 3 is 2.56 bits per heavy atom. The van der Waals surface area contributed by atoms with Crippen molar-refractivity contribution >= 4 is 12.0 Å². The average molecular weight is 132 g/mol. The molecule has 2 amide bonds. The van der Waals surface area contributed by atoms with E-state index in [1.807, 2.05) is 5.32 Å². The van der Waals surface area contributed by atoms with Crippen LogP contribution in [-0.2, 0) is 0 Å². The van der Waals surface area contributed by atoms with Crippen molar-refractivity contribution in [1.29, 1.82) is 0 Å². The lowest BCUT2D eigenvalue weighted by Crippen LogP contribution is -2.40. The lowest BCUT2D eigenvalue weighted by Gasteiger charge is -1.96. The van der Waals surface area contributed by atoms with E-state index in [1.54, 1.807) is 0 Å². The second-order valence-corrected chi connectivity index (χ2v) is 1.17. The summed E-state index contributed by atoms with van der Waals surface area (Å²) in [6.45, 7) is -0.466. The Labute approximate surface area is 51.5 Å². The molecule has 0 aliphatic carbocycles. The van der Waals surface area contributed by atoms with Gasteiger partial charge in [0.2, 0.25) is 0 Å². The Morgan fingerprint density at radius 2 is 2.22 bits per heavy atom. The Bertz CT molecular complexity index is 132. The second-order valence-electron chi connectivity index (χ2n) is 1.17. The van der Waals surface area contributed by atoms with Gasteiger partial charge in [-0.2, -0.15) is 0 Å². The number of hydrogen-bond donors (Lipinski definition) is 4. The molecule has 0 saturated heterocycles. The molecule has 6 nitrogen and oxygen atoms in total. The van der Waals surface area contributed by atoms with Gasteiger partial charge >= 0.3 is 6.03 Å². The Kier molecular flexibility index (Phi) is 3.14. The van der Waals surface area contributed by atoms with Crippen molar-refractivity contribution < 1.29 is 9.90 Å². The maximum absolute atomic E-state index is 9.95. The summed E-state index contributed by atoms with van der Waals surface area (Å²) >= 11 is 0. The lowest BCUT2D eigenvalue weighted by molar-refractivity contribution is 0.253. The molecular formula is C3H8N4O2. The van der Waals surface area contributed by atoms with E-state index < -0.39 is 12.8 Å². The van der Waals surface area contributed by atoms with Gasteiger partial charge in [0, 0.05) is 0 Å². The summed E-state index contributed by atoms with van der Waals surface area (Å²) in [6, 6.07) is -0.801. The van der Waals surface area contributed by atoms with Crippen molar-refractivity contribution in [2.75, 3.05) is 6.73 Å². The Morgan fingerprint density at radius 1 is 1.67 bits per heavy atom. The standard InChI is InChI=1S/C3H8N4O2/c4-2(6-1-8)7-3(5)9/h8H,1H2,(H5,4,5,6,7,9). The SMILES string of the molecule is NC(=O)NC(N)=NCO. The quantitative estimate of drug-likeness (QED) is 0.242. The number of aliphatic hydroxyl groups is 1. The number of aliphatic imine (C=N–C) groups is 1. The van der Waals surface area contributed by atoms with Crippen LogP contribution in [0.3, 0.4) is 0 Å². The zero-order chi connectivity index (χ0) is 7.28. The molecule has 0 spiro atoms. The zero-order valence-electron chi connectivity index (χ0n) is 4.66. The lowest BCUT2D eigenvalue weighted by atomic mass is 10.9. The third-order valence-electron chi connectivity index (χ3n) is 0.492. The van der Waals surface area contributed by atoms with Crippen LogP contribution in [0.25, 0.3) is 0 Å². The molecule has 6 heteroatoms. The van der Waals surface area contributed by atoms with E-state index in [-0.39, 0.29) is 5.96 Å². The molecule has 0 saturated carbocycles. The minimum atomic E-state index is -0.801. The van der Waals surface area contributed by atoms with Crippen LogP contribution in [0, 0.1) is 0 Å². The monoisotopic (exact) mass is 132 g/mol. The number of urea groups is 1. The number of primary amides is 1. The van der Waals surface area contributed by atoms with Crippen LogP contribution < -0.4 is 16.8 Å². The fourth-order valence-electron chi connectivity index (χ4n) is 0.242. The summed E-state index contributed by atoms with van der Waals surface area (Å²) in [7, 11) is 0. The van der Waals surface area contributed by atoms with Crippen LogP contribution in [0.2, 0.25) is 0 Å². The molecule has 0 bridgehead atoms. The third kappa shape index (κ3) is 4.56. The summed E-state index contributed by atoms with van der Waals surface area (Å²) in [5, 5.41) is 10.0. The molecule has 0 heterocycles. The van der Waals surface area contributed by atoms with Crippen LogP contribution in [0.1, 0.15) is 0 Å². The van der Waals surface area contributed by atoms with Gasteiger partial charge in [0.15, 0.2) is 5.96 Å². The highest BCUT2D eigenvalue weighted by Crippen LogP contribution is 1.61. The van der Waals surface area contributed by atoms with Gasteiger partial charge in [0.25, 0.3) is 0 Å². The van der Waals surface area contributed by atoms with Gasteiger partial charge in [-0.05, 0) is 0 Å². The molecule has 0 rings (SSSR count). The van der Waals surface area contributed by atoms with Crippen molar-refractivity contribution in [3.63, 3.8) is 0 Å². The molecule has 0 aromatic heterocycles. The van der Waals surface area contributed by atoms with Crippen LogP contribution in [0.4, 0.5) is 4.79 Å². The number of hydrogen-bond acceptors (Lipinski definition) is 3. The molecule has 0 atom stereocenters. The zero-order valence-corrected chi connectivity index (χ0v) is 4.66. The van der Waals surface area contributed by atoms with Gasteiger partial charge in [0.1, 0.15) is 6.73 Å². The first-order valence-electron chi connectivity index (χ1n) is 2.14. The van der Waals surface area contributed by atoms with Crippen molar-refractivity contribution in [1.82, 2.24) is 5.32 Å². The smallest absolute Gasteiger partial charge is 0.318 e. The van der Waals surface area contributed by atoms with Crippen molar-refractivity contribution in [2.24, 2.45) is 16.5 Å². The van der Waals surface area contributed by atoms with E-state index in [4.69, 9.17) is 10.8 Å². The molecule has 52 valence electrons. The van der Waals surface area contributed by atoms with Gasteiger partial charge in [-0.15, -0.1) is 0 Å². The van der Waals surface area contributed by atoms with E-state index in [1.165, 1.54) is 0 Å². The van der Waals surface area contributed by atoms with Gasteiger partial charge in [-0.1, -0.05) is 0 Å². The highest BCUT2D eigenvalue weighted by molar-refractivity contribution is 5.94. The predicted molar refractivity (Wildman–Crippen MR) is 31.4 cm³/mol. The van der Waals surface area contributed by atoms with Crippen LogP contribution >= 0.6 is 0 Å². The van der Waals surface area contributed by atoms with Gasteiger partial charge < -0.3 is 16.6 Å². The Hall–Kier alpha value is -1.30. The van der Waals surface area contributed by atoms with Crippen molar-refractivity contribution in [3.05, 3.63) is 0 Å². The van der Waals surface area contributed by atoms with Gasteiger partial charge in [0.05, 0.1) is 0 Å². The molecular weight excluding hydrogens is 124 g/mol. The number of nitrogens with two attached hydrogens (primary N) is 2. The number of guanidine groups is 1. The van der Waals surface area contributed by atoms with Crippen molar-refractivity contribution in [3.8, 4) is 0 Å². The highest BCUT2D eigenvalue weighted by Gasteiger charge is 1.91. The number of nitrogens with one attached hydrogen (secondary N) is 1.